The summed E-state index contributed by atoms with van der Waals surface area (Å²) >= 11 is 1.95. The van der Waals surface area contributed by atoms with Gasteiger partial charge in [-0.25, -0.2) is 0 Å². The molecule has 0 aliphatic carbocycles. The Bertz CT molecular complexity index is 371. The number of nitrogens with one attached hydrogen (secondary N) is 1. The van der Waals surface area contributed by atoms with Crippen LogP contribution in [0.5, 0.6) is 11.5 Å². The van der Waals surface area contributed by atoms with E-state index in [-0.39, 0.29) is 0 Å². The molecular formula is C16H27NO2S. The molecule has 0 saturated heterocycles. The highest BCUT2D eigenvalue weighted by Crippen LogP contribution is 2.31. The number of benzene rings is 1. The highest BCUT2D eigenvalue weighted by molar-refractivity contribution is 7.99. The smallest absolute Gasteiger partial charge is 0.165 e. The number of ether oxygens (including phenoxy) is 2. The Morgan fingerprint density at radius 1 is 1.15 bits per heavy atom. The van der Waals surface area contributed by atoms with Crippen molar-refractivity contribution in [2.75, 3.05) is 31.3 Å². The minimum atomic E-state index is 0.659. The summed E-state index contributed by atoms with van der Waals surface area (Å²) in [5.41, 5.74) is 1.17. The molecule has 20 heavy (non-hydrogen) atoms. The van der Waals surface area contributed by atoms with Gasteiger partial charge in [0.25, 0.3) is 0 Å². The lowest BCUT2D eigenvalue weighted by Gasteiger charge is -2.16. The topological polar surface area (TPSA) is 30.5 Å². The maximum Gasteiger partial charge on any atom is 0.165 e. The average Bonchev–Trinajstić information content (AvgIpc) is 2.47. The fraction of sp³-hybridized carbons (Fsp3) is 0.625. The zero-order valence-corrected chi connectivity index (χ0v) is 13.7. The van der Waals surface area contributed by atoms with Crippen molar-refractivity contribution >= 4 is 11.8 Å². The molecule has 1 aromatic carbocycles. The summed E-state index contributed by atoms with van der Waals surface area (Å²) in [7, 11) is 0. The quantitative estimate of drug-likeness (QED) is 0.631. The van der Waals surface area contributed by atoms with Gasteiger partial charge in [-0.1, -0.05) is 26.0 Å². The van der Waals surface area contributed by atoms with E-state index in [0.29, 0.717) is 6.61 Å². The third kappa shape index (κ3) is 6.06. The minimum Gasteiger partial charge on any atom is -0.490 e. The third-order valence-corrected chi connectivity index (χ3v) is 3.79. The molecule has 0 spiro atoms. The van der Waals surface area contributed by atoms with Gasteiger partial charge >= 0.3 is 0 Å². The van der Waals surface area contributed by atoms with Crippen molar-refractivity contribution in [3.63, 3.8) is 0 Å². The molecule has 0 amide bonds. The van der Waals surface area contributed by atoms with Gasteiger partial charge in [-0.15, -0.1) is 0 Å². The third-order valence-electron chi connectivity index (χ3n) is 2.81. The number of hydrogen-bond donors (Lipinski definition) is 1. The molecule has 0 aliphatic rings. The Labute approximate surface area is 127 Å². The van der Waals surface area contributed by atoms with Crippen molar-refractivity contribution < 1.29 is 9.47 Å². The molecule has 4 heteroatoms. The highest BCUT2D eigenvalue weighted by Gasteiger charge is 2.10. The molecule has 0 atom stereocenters. The van der Waals surface area contributed by atoms with Gasteiger partial charge in [-0.3, -0.25) is 0 Å². The Kier molecular flexibility index (Phi) is 9.33. The van der Waals surface area contributed by atoms with Gasteiger partial charge in [-0.2, -0.15) is 11.8 Å². The Morgan fingerprint density at radius 2 is 2.00 bits per heavy atom. The lowest BCUT2D eigenvalue weighted by Crippen LogP contribution is -2.14. The predicted molar refractivity (Wildman–Crippen MR) is 88.1 cm³/mol. The maximum atomic E-state index is 5.99. The van der Waals surface area contributed by atoms with Crippen molar-refractivity contribution in [1.29, 1.82) is 0 Å². The molecule has 1 aromatic rings. The molecule has 0 heterocycles. The first kappa shape index (κ1) is 17.2. The average molecular weight is 297 g/mol. The largest absolute Gasteiger partial charge is 0.490 e. The van der Waals surface area contributed by atoms with Crippen molar-refractivity contribution in [2.24, 2.45) is 0 Å². The molecular weight excluding hydrogens is 270 g/mol. The normalized spacial score (nSPS) is 10.6. The van der Waals surface area contributed by atoms with E-state index >= 15 is 0 Å². The van der Waals surface area contributed by atoms with Crippen LogP contribution in [-0.2, 0) is 6.54 Å². The van der Waals surface area contributed by atoms with Crippen molar-refractivity contribution in [2.45, 2.75) is 33.7 Å². The van der Waals surface area contributed by atoms with Crippen LogP contribution < -0.4 is 14.8 Å². The fourth-order valence-electron chi connectivity index (χ4n) is 1.87. The van der Waals surface area contributed by atoms with E-state index in [4.69, 9.17) is 9.47 Å². The molecule has 0 aromatic heterocycles. The second kappa shape index (κ2) is 10.9. The molecule has 3 nitrogen and oxygen atoms in total. The van der Waals surface area contributed by atoms with Crippen LogP contribution in [0.3, 0.4) is 0 Å². The molecule has 0 bridgehead atoms. The Hall–Kier alpha value is -0.870. The van der Waals surface area contributed by atoms with E-state index < -0.39 is 0 Å². The van der Waals surface area contributed by atoms with E-state index in [1.807, 2.05) is 30.8 Å². The molecule has 1 rings (SSSR count). The molecule has 114 valence electrons. The lowest BCUT2D eigenvalue weighted by atomic mass is 10.2. The standard InChI is InChI=1S/C16H27NO2S/c1-4-17-13-14-9-7-10-15(18-5-2)16(14)19-11-8-12-20-6-3/h7,9-10,17H,4-6,8,11-13H2,1-3H3. The fourth-order valence-corrected chi connectivity index (χ4v) is 2.48. The molecule has 0 unspecified atom stereocenters. The molecule has 0 radical (unpaired) electrons. The van der Waals surface area contributed by atoms with Crippen LogP contribution in [0.1, 0.15) is 32.8 Å². The van der Waals surface area contributed by atoms with E-state index in [2.05, 4.69) is 25.2 Å². The van der Waals surface area contributed by atoms with Gasteiger partial charge in [-0.05, 0) is 37.5 Å². The van der Waals surface area contributed by atoms with Crippen LogP contribution in [0.15, 0.2) is 18.2 Å². The summed E-state index contributed by atoms with van der Waals surface area (Å²) in [5, 5.41) is 3.35. The zero-order chi connectivity index (χ0) is 14.6. The van der Waals surface area contributed by atoms with E-state index in [0.717, 1.165) is 43.4 Å². The van der Waals surface area contributed by atoms with Crippen LogP contribution in [0, 0.1) is 0 Å². The Morgan fingerprint density at radius 3 is 2.70 bits per heavy atom. The SMILES string of the molecule is CCNCc1cccc(OCC)c1OCCCSCC. The summed E-state index contributed by atoms with van der Waals surface area (Å²) in [6.07, 6.45) is 1.07. The van der Waals surface area contributed by atoms with Crippen molar-refractivity contribution in [3.8, 4) is 11.5 Å². The number of thioether (sulfide) groups is 1. The van der Waals surface area contributed by atoms with Gasteiger partial charge in [0.2, 0.25) is 0 Å². The van der Waals surface area contributed by atoms with Crippen molar-refractivity contribution in [1.82, 2.24) is 5.32 Å². The van der Waals surface area contributed by atoms with Crippen LogP contribution in [0.4, 0.5) is 0 Å². The lowest BCUT2D eigenvalue weighted by molar-refractivity contribution is 0.274. The first-order valence-electron chi connectivity index (χ1n) is 7.49. The van der Waals surface area contributed by atoms with Crippen LogP contribution in [0.25, 0.3) is 0 Å². The van der Waals surface area contributed by atoms with E-state index in [9.17, 15) is 0 Å². The van der Waals surface area contributed by atoms with Gasteiger partial charge in [0.1, 0.15) is 0 Å². The number of rotatable bonds is 11. The van der Waals surface area contributed by atoms with Gasteiger partial charge < -0.3 is 14.8 Å². The second-order valence-corrected chi connectivity index (χ2v) is 5.75. The zero-order valence-electron chi connectivity index (χ0n) is 12.9. The van der Waals surface area contributed by atoms with Gasteiger partial charge in [0, 0.05) is 12.1 Å². The summed E-state index contributed by atoms with van der Waals surface area (Å²) in [4.78, 5) is 0. The number of hydrogen-bond acceptors (Lipinski definition) is 4. The summed E-state index contributed by atoms with van der Waals surface area (Å²) in [6, 6.07) is 6.10. The molecule has 0 fully saturated rings. The summed E-state index contributed by atoms with van der Waals surface area (Å²) < 4.78 is 11.7. The first-order valence-corrected chi connectivity index (χ1v) is 8.64. The first-order chi connectivity index (χ1) is 9.83. The minimum absolute atomic E-state index is 0.659. The van der Waals surface area contributed by atoms with E-state index in [1.165, 1.54) is 11.3 Å². The predicted octanol–water partition coefficient (Wildman–Crippen LogP) is 3.72. The van der Waals surface area contributed by atoms with Crippen LogP contribution in [0.2, 0.25) is 0 Å². The highest BCUT2D eigenvalue weighted by atomic mass is 32.2. The monoisotopic (exact) mass is 297 g/mol. The maximum absolute atomic E-state index is 5.99. The molecule has 0 aliphatic heterocycles. The van der Waals surface area contributed by atoms with Gasteiger partial charge in [0.15, 0.2) is 11.5 Å². The summed E-state index contributed by atoms with van der Waals surface area (Å²) in [5.74, 6) is 4.07. The van der Waals surface area contributed by atoms with Gasteiger partial charge in [0.05, 0.1) is 13.2 Å². The van der Waals surface area contributed by atoms with Crippen LogP contribution in [-0.4, -0.2) is 31.3 Å². The Balaban J connectivity index is 2.66. The molecule has 1 N–H and O–H groups in total. The summed E-state index contributed by atoms with van der Waals surface area (Å²) in [6.45, 7) is 9.46. The molecule has 0 saturated carbocycles. The van der Waals surface area contributed by atoms with Crippen molar-refractivity contribution in [3.05, 3.63) is 23.8 Å². The number of para-hydroxylation sites is 1. The van der Waals surface area contributed by atoms with Crippen LogP contribution >= 0.6 is 11.8 Å². The second-order valence-electron chi connectivity index (χ2n) is 4.36. The van der Waals surface area contributed by atoms with E-state index in [1.54, 1.807) is 0 Å².